The number of carbonyl (C=O) groups excluding carboxylic acids is 1. The summed E-state index contributed by atoms with van der Waals surface area (Å²) in [6.07, 6.45) is 0.117. The fraction of sp³-hybridized carbons (Fsp3) is 0.393. The molecule has 0 aliphatic heterocycles. The normalized spacial score (nSPS) is 14.0. The molecular weight excluding hydrogens is 430 g/mol. The molecule has 2 rings (SSSR count). The predicted octanol–water partition coefficient (Wildman–Crippen LogP) is 5.13. The van der Waals surface area contributed by atoms with Crippen molar-refractivity contribution < 1.29 is 24.1 Å². The standard InChI is InChI=1S/C28H37NO5/c1-6-18-29(27(31)34-28(3,4)5)19-25(32-20-22-14-10-8-11-15-22)26(24(30)7-2)33-21-23-16-12-9-13-17-23/h6-17,24-26,30H,1-2,18-21H2,3-5H3/t24-,25+,26+/m1/s1. The van der Waals surface area contributed by atoms with E-state index in [1.807, 2.05) is 81.4 Å². The number of nitrogens with zero attached hydrogens (tertiary/aromatic N) is 1. The molecule has 6 nitrogen and oxygen atoms in total. The number of rotatable bonds is 13. The Hall–Kier alpha value is -2.93. The quantitative estimate of drug-likeness (QED) is 0.414. The highest BCUT2D eigenvalue weighted by Crippen LogP contribution is 2.19. The zero-order chi connectivity index (χ0) is 25.0. The molecule has 34 heavy (non-hydrogen) atoms. The van der Waals surface area contributed by atoms with Crippen molar-refractivity contribution in [3.63, 3.8) is 0 Å². The Morgan fingerprint density at radius 2 is 1.50 bits per heavy atom. The molecule has 0 aliphatic carbocycles. The summed E-state index contributed by atoms with van der Waals surface area (Å²) in [5.41, 5.74) is 1.27. The third-order valence-corrected chi connectivity index (χ3v) is 4.94. The van der Waals surface area contributed by atoms with Crippen molar-refractivity contribution in [3.8, 4) is 0 Å². The summed E-state index contributed by atoms with van der Waals surface area (Å²) in [6.45, 7) is 13.9. The zero-order valence-electron chi connectivity index (χ0n) is 20.4. The summed E-state index contributed by atoms with van der Waals surface area (Å²) in [4.78, 5) is 14.4. The maximum atomic E-state index is 12.9. The lowest BCUT2D eigenvalue weighted by atomic mass is 10.1. The van der Waals surface area contributed by atoms with Gasteiger partial charge in [0.1, 0.15) is 23.9 Å². The van der Waals surface area contributed by atoms with Gasteiger partial charge in [-0.15, -0.1) is 13.2 Å². The smallest absolute Gasteiger partial charge is 0.410 e. The molecule has 0 bridgehead atoms. The molecule has 6 heteroatoms. The van der Waals surface area contributed by atoms with E-state index >= 15 is 0 Å². The van der Waals surface area contributed by atoms with Gasteiger partial charge in [-0.25, -0.2) is 4.79 Å². The van der Waals surface area contributed by atoms with E-state index < -0.39 is 30.0 Å². The van der Waals surface area contributed by atoms with Crippen LogP contribution in [-0.2, 0) is 27.4 Å². The average Bonchev–Trinajstić information content (AvgIpc) is 2.81. The van der Waals surface area contributed by atoms with Crippen molar-refractivity contribution in [2.75, 3.05) is 13.1 Å². The molecular formula is C28H37NO5. The lowest BCUT2D eigenvalue weighted by Crippen LogP contribution is -2.49. The largest absolute Gasteiger partial charge is 0.444 e. The minimum atomic E-state index is -1.01. The van der Waals surface area contributed by atoms with Crippen LogP contribution in [0.1, 0.15) is 31.9 Å². The highest BCUT2D eigenvalue weighted by atomic mass is 16.6. The van der Waals surface area contributed by atoms with E-state index in [2.05, 4.69) is 13.2 Å². The van der Waals surface area contributed by atoms with Gasteiger partial charge in [-0.3, -0.25) is 0 Å². The maximum absolute atomic E-state index is 12.9. The van der Waals surface area contributed by atoms with Gasteiger partial charge in [0.05, 0.1) is 19.8 Å². The van der Waals surface area contributed by atoms with Crippen LogP contribution in [0.25, 0.3) is 0 Å². The number of ether oxygens (including phenoxy) is 3. The highest BCUT2D eigenvalue weighted by molar-refractivity contribution is 5.68. The maximum Gasteiger partial charge on any atom is 0.410 e. The van der Waals surface area contributed by atoms with Crippen LogP contribution in [-0.4, -0.2) is 53.1 Å². The fourth-order valence-corrected chi connectivity index (χ4v) is 3.28. The van der Waals surface area contributed by atoms with Crippen molar-refractivity contribution in [2.24, 2.45) is 0 Å². The van der Waals surface area contributed by atoms with E-state index in [9.17, 15) is 9.90 Å². The number of hydrogen-bond acceptors (Lipinski definition) is 5. The number of amides is 1. The van der Waals surface area contributed by atoms with Crippen molar-refractivity contribution in [1.29, 1.82) is 0 Å². The fourth-order valence-electron chi connectivity index (χ4n) is 3.28. The molecule has 0 spiro atoms. The minimum absolute atomic E-state index is 0.137. The van der Waals surface area contributed by atoms with Crippen LogP contribution < -0.4 is 0 Å². The molecule has 1 amide bonds. The van der Waals surface area contributed by atoms with Gasteiger partial charge in [0.25, 0.3) is 0 Å². The molecule has 184 valence electrons. The average molecular weight is 468 g/mol. The van der Waals surface area contributed by atoms with E-state index in [-0.39, 0.29) is 26.3 Å². The van der Waals surface area contributed by atoms with Crippen molar-refractivity contribution in [1.82, 2.24) is 4.90 Å². The molecule has 0 radical (unpaired) electrons. The first kappa shape index (κ1) is 27.3. The van der Waals surface area contributed by atoms with Crippen LogP contribution in [0.4, 0.5) is 4.79 Å². The first-order chi connectivity index (χ1) is 16.2. The Labute approximate surface area is 203 Å². The van der Waals surface area contributed by atoms with Crippen LogP contribution in [0.3, 0.4) is 0 Å². The van der Waals surface area contributed by atoms with E-state index in [4.69, 9.17) is 14.2 Å². The second-order valence-electron chi connectivity index (χ2n) is 9.00. The summed E-state index contributed by atoms with van der Waals surface area (Å²) in [6, 6.07) is 19.4. The molecule has 0 heterocycles. The zero-order valence-corrected chi connectivity index (χ0v) is 20.4. The van der Waals surface area contributed by atoms with Gasteiger partial charge in [-0.05, 0) is 31.9 Å². The second kappa shape index (κ2) is 13.7. The van der Waals surface area contributed by atoms with Crippen LogP contribution in [0.15, 0.2) is 86.0 Å². The summed E-state index contributed by atoms with van der Waals surface area (Å²) in [5.74, 6) is 0. The molecule has 0 saturated heterocycles. The van der Waals surface area contributed by atoms with Crippen molar-refractivity contribution >= 4 is 6.09 Å². The summed E-state index contributed by atoms with van der Waals surface area (Å²) < 4.78 is 18.0. The third-order valence-electron chi connectivity index (χ3n) is 4.94. The van der Waals surface area contributed by atoms with Gasteiger partial charge in [-0.1, -0.05) is 72.8 Å². The topological polar surface area (TPSA) is 68.2 Å². The van der Waals surface area contributed by atoms with Crippen molar-refractivity contribution in [2.45, 2.75) is 57.9 Å². The first-order valence-corrected chi connectivity index (χ1v) is 11.4. The monoisotopic (exact) mass is 467 g/mol. The lowest BCUT2D eigenvalue weighted by molar-refractivity contribution is -0.127. The number of aliphatic hydroxyl groups excluding tert-OH is 1. The van der Waals surface area contributed by atoms with Crippen molar-refractivity contribution in [3.05, 3.63) is 97.1 Å². The van der Waals surface area contributed by atoms with Gasteiger partial charge in [0.15, 0.2) is 0 Å². The Morgan fingerprint density at radius 1 is 0.971 bits per heavy atom. The first-order valence-electron chi connectivity index (χ1n) is 11.4. The Kier molecular flexibility index (Phi) is 11.0. The highest BCUT2D eigenvalue weighted by Gasteiger charge is 2.33. The molecule has 0 unspecified atom stereocenters. The van der Waals surface area contributed by atoms with Gasteiger partial charge >= 0.3 is 6.09 Å². The third kappa shape index (κ3) is 9.51. The molecule has 2 aromatic carbocycles. The Balaban J connectivity index is 2.27. The SMILES string of the molecule is C=CCN(C[C@H](OCc1ccccc1)[C@@H](OCc1ccccc1)[C@H](O)C=C)C(=O)OC(C)(C)C. The molecule has 2 aromatic rings. The second-order valence-corrected chi connectivity index (χ2v) is 9.00. The van der Waals surface area contributed by atoms with E-state index in [1.165, 1.54) is 11.0 Å². The molecule has 0 saturated carbocycles. The number of carbonyl (C=O) groups is 1. The number of hydrogen-bond donors (Lipinski definition) is 1. The van der Waals surface area contributed by atoms with Gasteiger partial charge in [0, 0.05) is 6.54 Å². The summed E-state index contributed by atoms with van der Waals surface area (Å²) >= 11 is 0. The lowest BCUT2D eigenvalue weighted by Gasteiger charge is -2.34. The van der Waals surface area contributed by atoms with Crippen LogP contribution in [0, 0.1) is 0 Å². The van der Waals surface area contributed by atoms with Crippen LogP contribution in [0.5, 0.6) is 0 Å². The minimum Gasteiger partial charge on any atom is -0.444 e. The van der Waals surface area contributed by atoms with Gasteiger partial charge < -0.3 is 24.2 Å². The van der Waals surface area contributed by atoms with Gasteiger partial charge in [0.2, 0.25) is 0 Å². The van der Waals surface area contributed by atoms with Crippen LogP contribution >= 0.6 is 0 Å². The molecule has 0 fully saturated rings. The molecule has 3 atom stereocenters. The molecule has 0 aromatic heterocycles. The summed E-state index contributed by atoms with van der Waals surface area (Å²) in [7, 11) is 0. The van der Waals surface area contributed by atoms with E-state index in [0.717, 1.165) is 11.1 Å². The summed E-state index contributed by atoms with van der Waals surface area (Å²) in [5, 5.41) is 10.8. The Bertz CT molecular complexity index is 879. The predicted molar refractivity (Wildman–Crippen MR) is 134 cm³/mol. The molecule has 0 aliphatic rings. The van der Waals surface area contributed by atoms with E-state index in [0.29, 0.717) is 0 Å². The number of aliphatic hydroxyl groups is 1. The molecule has 1 N–H and O–H groups in total. The van der Waals surface area contributed by atoms with E-state index in [1.54, 1.807) is 6.08 Å². The van der Waals surface area contributed by atoms with Gasteiger partial charge in [-0.2, -0.15) is 0 Å². The number of benzene rings is 2. The Morgan fingerprint density at radius 3 is 1.97 bits per heavy atom. The van der Waals surface area contributed by atoms with Crippen LogP contribution in [0.2, 0.25) is 0 Å².